The maximum Gasteiger partial charge on any atom is 0.323 e. The van der Waals surface area contributed by atoms with Crippen molar-refractivity contribution < 1.29 is 28.6 Å². The lowest BCUT2D eigenvalue weighted by Gasteiger charge is -2.24. The molecule has 0 aliphatic carbocycles. The Hall–Kier alpha value is -3.44. The molecule has 1 aromatic carbocycles. The smallest absolute Gasteiger partial charge is 0.323 e. The van der Waals surface area contributed by atoms with Gasteiger partial charge in [-0.1, -0.05) is 20.8 Å². The van der Waals surface area contributed by atoms with Crippen LogP contribution in [0.4, 0.5) is 0 Å². The Balaban J connectivity index is 2.01. The zero-order valence-corrected chi connectivity index (χ0v) is 24.2. The topological polar surface area (TPSA) is 114 Å². The summed E-state index contributed by atoms with van der Waals surface area (Å²) in [7, 11) is 3.04. The second kappa shape index (κ2) is 12.0. The van der Waals surface area contributed by atoms with Gasteiger partial charge in [0, 0.05) is 10.9 Å². The Morgan fingerprint density at radius 2 is 1.66 bits per heavy atom. The molecule has 206 valence electrons. The minimum absolute atomic E-state index is 0.108. The number of ether oxygens (including phenoxy) is 4. The van der Waals surface area contributed by atoms with Gasteiger partial charge in [0.1, 0.15) is 17.9 Å². The molecule has 0 aliphatic rings. The van der Waals surface area contributed by atoms with E-state index in [9.17, 15) is 4.79 Å². The molecule has 0 bridgehead atoms. The molecule has 0 saturated carbocycles. The van der Waals surface area contributed by atoms with Crippen molar-refractivity contribution in [2.75, 3.05) is 27.4 Å². The van der Waals surface area contributed by atoms with E-state index in [1.54, 1.807) is 10.9 Å². The van der Waals surface area contributed by atoms with Gasteiger partial charge in [0.05, 0.1) is 31.9 Å². The third kappa shape index (κ3) is 7.32. The summed E-state index contributed by atoms with van der Waals surface area (Å²) in [5, 5.41) is 1.65. The molecule has 0 fully saturated rings. The van der Waals surface area contributed by atoms with E-state index in [2.05, 4.69) is 41.2 Å². The number of nitrogens with zero attached hydrogens (tertiary/aromatic N) is 3. The van der Waals surface area contributed by atoms with Crippen LogP contribution in [0.1, 0.15) is 63.2 Å². The monoisotopic (exact) mass is 544 g/mol. The number of hydrogen-bond donors (Lipinski definition) is 1. The summed E-state index contributed by atoms with van der Waals surface area (Å²) in [5.41, 5.74) is 6.78. The van der Waals surface area contributed by atoms with Crippen LogP contribution in [-0.4, -0.2) is 53.9 Å². The number of rotatable bonds is 10. The molecule has 2 heterocycles. The van der Waals surface area contributed by atoms with E-state index < -0.39 is 5.91 Å². The van der Waals surface area contributed by atoms with Crippen LogP contribution in [-0.2, 0) is 10.2 Å². The summed E-state index contributed by atoms with van der Waals surface area (Å²) in [4.78, 5) is 31.2. The lowest BCUT2D eigenvalue weighted by molar-refractivity contribution is -0.0174. The first-order chi connectivity index (χ1) is 17.8. The number of nitrogens with one attached hydrogen (secondary N) is 1. The van der Waals surface area contributed by atoms with Gasteiger partial charge in [-0.2, -0.15) is 15.4 Å². The highest BCUT2D eigenvalue weighted by atomic mass is 32.1. The average molecular weight is 545 g/mol. The lowest BCUT2D eigenvalue weighted by atomic mass is 9.84. The molecule has 0 atom stereocenters. The fourth-order valence-electron chi connectivity index (χ4n) is 3.44. The normalized spacial score (nSPS) is 11.7. The summed E-state index contributed by atoms with van der Waals surface area (Å²) in [6.45, 7) is 14.7. The van der Waals surface area contributed by atoms with Crippen LogP contribution in [0.2, 0.25) is 0 Å². The molecule has 11 heteroatoms. The van der Waals surface area contributed by atoms with Crippen molar-refractivity contribution in [2.45, 2.75) is 59.5 Å². The van der Waals surface area contributed by atoms with Crippen molar-refractivity contribution in [3.05, 3.63) is 39.8 Å². The van der Waals surface area contributed by atoms with Crippen LogP contribution < -0.4 is 24.5 Å². The first kappa shape index (κ1) is 29.1. The van der Waals surface area contributed by atoms with Crippen molar-refractivity contribution in [3.63, 3.8) is 0 Å². The summed E-state index contributed by atoms with van der Waals surface area (Å²) in [5.74, 6) is 0.564. The first-order valence-electron chi connectivity index (χ1n) is 12.1. The van der Waals surface area contributed by atoms with Gasteiger partial charge in [-0.3, -0.25) is 4.79 Å². The number of carbonyl (C=O) groups excluding carboxylic acids is 1. The van der Waals surface area contributed by atoms with Crippen LogP contribution >= 0.6 is 11.3 Å². The predicted octanol–water partition coefficient (Wildman–Crippen LogP) is 5.14. The summed E-state index contributed by atoms with van der Waals surface area (Å²) < 4.78 is 22.7. The molecule has 3 aromatic rings. The van der Waals surface area contributed by atoms with E-state index >= 15 is 0 Å². The van der Waals surface area contributed by atoms with Gasteiger partial charge < -0.3 is 23.8 Å². The molecular weight excluding hydrogens is 508 g/mol. The van der Waals surface area contributed by atoms with E-state index in [1.807, 2.05) is 39.8 Å². The number of thiazole rings is 1. The quantitative estimate of drug-likeness (QED) is 0.274. The number of carbonyl (C=O) groups is 1. The van der Waals surface area contributed by atoms with Gasteiger partial charge in [0.2, 0.25) is 11.8 Å². The van der Waals surface area contributed by atoms with Crippen LogP contribution in [0, 0.1) is 6.92 Å². The molecule has 0 saturated heterocycles. The molecule has 10 nitrogen and oxygen atoms in total. The fraction of sp³-hybridized carbons (Fsp3) is 0.481. The second-order valence-electron chi connectivity index (χ2n) is 10.5. The van der Waals surface area contributed by atoms with Crippen molar-refractivity contribution in [1.29, 1.82) is 0 Å². The van der Waals surface area contributed by atoms with E-state index in [4.69, 9.17) is 23.8 Å². The highest BCUT2D eigenvalue weighted by Gasteiger charge is 2.26. The van der Waals surface area contributed by atoms with E-state index in [0.717, 1.165) is 16.7 Å². The number of hydroxylamine groups is 1. The number of amides is 1. The maximum atomic E-state index is 12.5. The van der Waals surface area contributed by atoms with Crippen molar-refractivity contribution in [3.8, 4) is 34.6 Å². The summed E-state index contributed by atoms with van der Waals surface area (Å²) in [6, 6.07) is 4.02. The van der Waals surface area contributed by atoms with Crippen LogP contribution in [0.15, 0.2) is 23.0 Å². The molecule has 1 amide bonds. The van der Waals surface area contributed by atoms with E-state index in [1.165, 1.54) is 25.6 Å². The third-order valence-corrected chi connectivity index (χ3v) is 6.06. The Bertz CT molecular complexity index is 1220. The lowest BCUT2D eigenvalue weighted by Crippen LogP contribution is -2.28. The summed E-state index contributed by atoms with van der Waals surface area (Å²) >= 11 is 1.33. The van der Waals surface area contributed by atoms with Gasteiger partial charge in [0.25, 0.3) is 0 Å². The minimum atomic E-state index is -0.441. The van der Waals surface area contributed by atoms with Gasteiger partial charge in [0.15, 0.2) is 5.75 Å². The molecule has 2 aromatic heterocycles. The average Bonchev–Trinajstić information content (AvgIpc) is 3.39. The SMILES string of the molecule is COc1nc(OCCOC(C)(C)C)nc(OC)c1-c1cc(C(C)(C)C)cc(ONC(=O)c2cscn2)c1C. The predicted molar refractivity (Wildman–Crippen MR) is 145 cm³/mol. The van der Waals surface area contributed by atoms with Gasteiger partial charge in [-0.05, 0) is 56.4 Å². The molecule has 0 radical (unpaired) electrons. The van der Waals surface area contributed by atoms with Crippen molar-refractivity contribution >= 4 is 17.2 Å². The second-order valence-corrected chi connectivity index (χ2v) is 11.2. The molecule has 1 N–H and O–H groups in total. The van der Waals surface area contributed by atoms with Crippen LogP contribution in [0.5, 0.6) is 23.5 Å². The standard InChI is InChI=1S/C27H36N4O6S/c1-16-18(12-17(26(2,3)4)13-20(16)37-31-22(32)19-14-38-15-28-19)21-23(33-8)29-25(30-24(21)34-9)35-10-11-36-27(5,6)7/h12-15H,10-11H2,1-9H3,(H,31,32). The molecule has 3 rings (SSSR count). The third-order valence-electron chi connectivity index (χ3n) is 5.47. The van der Waals surface area contributed by atoms with Crippen LogP contribution in [0.3, 0.4) is 0 Å². The van der Waals surface area contributed by atoms with E-state index in [-0.39, 0.29) is 41.1 Å². The molecule has 0 unspecified atom stereocenters. The number of aromatic nitrogens is 3. The molecule has 38 heavy (non-hydrogen) atoms. The fourth-order valence-corrected chi connectivity index (χ4v) is 3.97. The molecular formula is C27H36N4O6S. The Kier molecular flexibility index (Phi) is 9.16. The van der Waals surface area contributed by atoms with E-state index in [0.29, 0.717) is 17.9 Å². The number of hydrogen-bond acceptors (Lipinski definition) is 10. The first-order valence-corrected chi connectivity index (χ1v) is 13.1. The van der Waals surface area contributed by atoms with Gasteiger partial charge in [-0.25, -0.2) is 4.98 Å². The molecule has 0 spiro atoms. The Labute approximate surface area is 227 Å². The zero-order chi connectivity index (χ0) is 28.1. The van der Waals surface area contributed by atoms with Crippen molar-refractivity contribution in [1.82, 2.24) is 20.4 Å². The Morgan fingerprint density at radius 1 is 1.00 bits per heavy atom. The number of methoxy groups -OCH3 is 2. The maximum absolute atomic E-state index is 12.5. The Morgan fingerprint density at radius 3 is 2.18 bits per heavy atom. The van der Waals surface area contributed by atoms with Crippen molar-refractivity contribution in [2.24, 2.45) is 0 Å². The van der Waals surface area contributed by atoms with Gasteiger partial charge in [-0.15, -0.1) is 11.3 Å². The van der Waals surface area contributed by atoms with Gasteiger partial charge >= 0.3 is 11.9 Å². The van der Waals surface area contributed by atoms with Crippen LogP contribution in [0.25, 0.3) is 11.1 Å². The summed E-state index contributed by atoms with van der Waals surface area (Å²) in [6.07, 6.45) is 0. The minimum Gasteiger partial charge on any atom is -0.480 e. The number of benzene rings is 1. The molecule has 0 aliphatic heterocycles. The zero-order valence-electron chi connectivity index (χ0n) is 23.4. The largest absolute Gasteiger partial charge is 0.480 e. The highest BCUT2D eigenvalue weighted by molar-refractivity contribution is 7.07. The highest BCUT2D eigenvalue weighted by Crippen LogP contribution is 2.43.